The Balaban J connectivity index is 2.82. The predicted octanol–water partition coefficient (Wildman–Crippen LogP) is 4.10. The van der Waals surface area contributed by atoms with E-state index >= 15 is 0 Å². The first-order valence-corrected chi connectivity index (χ1v) is 6.42. The van der Waals surface area contributed by atoms with E-state index in [1.807, 2.05) is 6.07 Å². The van der Waals surface area contributed by atoms with Crippen LogP contribution in [0.25, 0.3) is 0 Å². The van der Waals surface area contributed by atoms with Crippen molar-refractivity contribution in [2.24, 2.45) is 5.92 Å². The molecule has 0 spiro atoms. The summed E-state index contributed by atoms with van der Waals surface area (Å²) in [6, 6.07) is 2.39. The molecule has 0 saturated heterocycles. The van der Waals surface area contributed by atoms with Crippen LogP contribution >= 0.6 is 22.9 Å². The van der Waals surface area contributed by atoms with Gasteiger partial charge in [0, 0.05) is 10.9 Å². The second-order valence-corrected chi connectivity index (χ2v) is 4.91. The molecule has 0 radical (unpaired) electrons. The summed E-state index contributed by atoms with van der Waals surface area (Å²) >= 11 is 7.89. The van der Waals surface area contributed by atoms with Gasteiger partial charge < -0.3 is 5.32 Å². The lowest BCUT2D eigenvalue weighted by Gasteiger charge is -2.23. The Morgan fingerprint density at radius 3 is 2.64 bits per heavy atom. The van der Waals surface area contributed by atoms with Crippen molar-refractivity contribution < 1.29 is 0 Å². The first-order chi connectivity index (χ1) is 6.70. The molecule has 0 saturated carbocycles. The molecule has 0 fully saturated rings. The van der Waals surface area contributed by atoms with Crippen LogP contribution in [0.2, 0.25) is 5.02 Å². The number of rotatable bonds is 5. The average Bonchev–Trinajstić information content (AvgIpc) is 2.60. The molecule has 1 heterocycles. The van der Waals surface area contributed by atoms with E-state index in [1.54, 1.807) is 11.3 Å². The zero-order valence-corrected chi connectivity index (χ0v) is 10.6. The van der Waals surface area contributed by atoms with Crippen LogP contribution in [0, 0.1) is 5.92 Å². The molecule has 2 unspecified atom stereocenters. The molecule has 1 nitrogen and oxygen atoms in total. The normalized spacial score (nSPS) is 15.4. The summed E-state index contributed by atoms with van der Waals surface area (Å²) < 4.78 is 0. The molecule has 1 rings (SSSR count). The van der Waals surface area contributed by atoms with Crippen molar-refractivity contribution >= 4 is 22.9 Å². The van der Waals surface area contributed by atoms with Gasteiger partial charge in [-0.25, -0.2) is 0 Å². The molecular formula is C11H18ClNS. The molecule has 1 N–H and O–H groups in total. The number of nitrogens with one attached hydrogen (secondary N) is 1. The van der Waals surface area contributed by atoms with Crippen LogP contribution in [0.3, 0.4) is 0 Å². The van der Waals surface area contributed by atoms with Crippen LogP contribution in [0.5, 0.6) is 0 Å². The van der Waals surface area contributed by atoms with Crippen molar-refractivity contribution in [1.82, 2.24) is 5.32 Å². The van der Waals surface area contributed by atoms with Crippen LogP contribution in [0.15, 0.2) is 11.4 Å². The van der Waals surface area contributed by atoms with Gasteiger partial charge in [-0.05, 0) is 23.9 Å². The van der Waals surface area contributed by atoms with Gasteiger partial charge in [-0.2, -0.15) is 0 Å². The largest absolute Gasteiger partial charge is 0.309 e. The molecule has 3 heteroatoms. The lowest BCUT2D eigenvalue weighted by molar-refractivity contribution is 0.389. The number of hydrogen-bond donors (Lipinski definition) is 1. The molecule has 0 bridgehead atoms. The van der Waals surface area contributed by atoms with E-state index in [2.05, 4.69) is 31.5 Å². The third kappa shape index (κ3) is 2.72. The molecular weight excluding hydrogens is 214 g/mol. The first-order valence-electron chi connectivity index (χ1n) is 5.16. The van der Waals surface area contributed by atoms with Gasteiger partial charge in [0.2, 0.25) is 0 Å². The van der Waals surface area contributed by atoms with Gasteiger partial charge in [-0.15, -0.1) is 11.3 Å². The highest BCUT2D eigenvalue weighted by Crippen LogP contribution is 2.33. The molecule has 0 aromatic carbocycles. The van der Waals surface area contributed by atoms with Gasteiger partial charge in [0.1, 0.15) is 0 Å². The van der Waals surface area contributed by atoms with E-state index in [1.165, 1.54) is 11.3 Å². The third-order valence-corrected chi connectivity index (χ3v) is 4.01. The van der Waals surface area contributed by atoms with Crippen LogP contribution in [-0.4, -0.2) is 6.54 Å². The molecule has 0 aliphatic heterocycles. The second kappa shape index (κ2) is 5.74. The second-order valence-electron chi connectivity index (χ2n) is 3.55. The highest BCUT2D eigenvalue weighted by Gasteiger charge is 2.20. The monoisotopic (exact) mass is 231 g/mol. The van der Waals surface area contributed by atoms with Crippen LogP contribution < -0.4 is 5.32 Å². The maximum absolute atomic E-state index is 6.14. The zero-order chi connectivity index (χ0) is 10.6. The fraction of sp³-hybridized carbons (Fsp3) is 0.636. The van der Waals surface area contributed by atoms with Gasteiger partial charge in [0.25, 0.3) is 0 Å². The van der Waals surface area contributed by atoms with Gasteiger partial charge in [-0.3, -0.25) is 0 Å². The highest BCUT2D eigenvalue weighted by molar-refractivity contribution is 7.10. The van der Waals surface area contributed by atoms with Gasteiger partial charge in [0.15, 0.2) is 0 Å². The molecule has 0 amide bonds. The fourth-order valence-corrected chi connectivity index (χ4v) is 2.92. The molecule has 14 heavy (non-hydrogen) atoms. The standard InChI is InChI=1S/C11H18ClNS/c1-4-8(3)10(13-5-2)11-9(12)6-7-14-11/h6-8,10,13H,4-5H2,1-3H3. The molecule has 0 aliphatic carbocycles. The van der Waals surface area contributed by atoms with E-state index in [0.29, 0.717) is 12.0 Å². The Hall–Kier alpha value is -0.0500. The van der Waals surface area contributed by atoms with Crippen LogP contribution in [0.1, 0.15) is 38.1 Å². The van der Waals surface area contributed by atoms with Crippen molar-refractivity contribution in [2.75, 3.05) is 6.54 Å². The SMILES string of the molecule is CCNC(c1sccc1Cl)C(C)CC. The van der Waals surface area contributed by atoms with Crippen molar-refractivity contribution in [1.29, 1.82) is 0 Å². The summed E-state index contributed by atoms with van der Waals surface area (Å²) in [5.74, 6) is 0.631. The van der Waals surface area contributed by atoms with E-state index in [-0.39, 0.29) is 0 Å². The lowest BCUT2D eigenvalue weighted by atomic mass is 9.98. The third-order valence-electron chi connectivity index (χ3n) is 2.56. The number of hydrogen-bond acceptors (Lipinski definition) is 2. The molecule has 0 aliphatic rings. The minimum Gasteiger partial charge on any atom is -0.309 e. The summed E-state index contributed by atoms with van der Waals surface area (Å²) in [4.78, 5) is 1.28. The highest BCUT2D eigenvalue weighted by atomic mass is 35.5. The van der Waals surface area contributed by atoms with E-state index in [0.717, 1.165) is 11.6 Å². The Morgan fingerprint density at radius 1 is 1.50 bits per heavy atom. The smallest absolute Gasteiger partial charge is 0.0561 e. The summed E-state index contributed by atoms with van der Waals surface area (Å²) in [6.45, 7) is 7.61. The van der Waals surface area contributed by atoms with E-state index in [4.69, 9.17) is 11.6 Å². The predicted molar refractivity (Wildman–Crippen MR) is 65.2 cm³/mol. The van der Waals surface area contributed by atoms with Gasteiger partial charge >= 0.3 is 0 Å². The van der Waals surface area contributed by atoms with Crippen molar-refractivity contribution in [3.63, 3.8) is 0 Å². The minimum atomic E-state index is 0.414. The molecule has 2 atom stereocenters. The van der Waals surface area contributed by atoms with E-state index in [9.17, 15) is 0 Å². The minimum absolute atomic E-state index is 0.414. The van der Waals surface area contributed by atoms with Gasteiger partial charge in [0.05, 0.1) is 5.02 Å². The first kappa shape index (κ1) is 12.0. The average molecular weight is 232 g/mol. The van der Waals surface area contributed by atoms with Crippen LogP contribution in [0.4, 0.5) is 0 Å². The Bertz CT molecular complexity index is 272. The molecule has 1 aromatic rings. The summed E-state index contributed by atoms with van der Waals surface area (Å²) in [7, 11) is 0. The molecule has 80 valence electrons. The zero-order valence-electron chi connectivity index (χ0n) is 9.01. The maximum Gasteiger partial charge on any atom is 0.0561 e. The summed E-state index contributed by atoms with van der Waals surface area (Å²) in [5, 5.41) is 6.47. The fourth-order valence-electron chi connectivity index (χ4n) is 1.54. The van der Waals surface area contributed by atoms with Crippen LogP contribution in [-0.2, 0) is 0 Å². The Morgan fingerprint density at radius 2 is 2.21 bits per heavy atom. The quantitative estimate of drug-likeness (QED) is 0.805. The molecule has 1 aromatic heterocycles. The lowest BCUT2D eigenvalue weighted by Crippen LogP contribution is -2.25. The Kier molecular flexibility index (Phi) is 4.93. The Labute approximate surface area is 95.5 Å². The number of halogens is 1. The summed E-state index contributed by atoms with van der Waals surface area (Å²) in [5.41, 5.74) is 0. The van der Waals surface area contributed by atoms with Gasteiger partial charge in [-0.1, -0.05) is 38.8 Å². The van der Waals surface area contributed by atoms with Crippen molar-refractivity contribution in [3.05, 3.63) is 21.3 Å². The van der Waals surface area contributed by atoms with Crippen molar-refractivity contribution in [3.8, 4) is 0 Å². The summed E-state index contributed by atoms with van der Waals surface area (Å²) in [6.07, 6.45) is 1.17. The maximum atomic E-state index is 6.14. The number of thiophene rings is 1. The van der Waals surface area contributed by atoms with Crippen molar-refractivity contribution in [2.45, 2.75) is 33.2 Å². The van der Waals surface area contributed by atoms with E-state index < -0.39 is 0 Å². The topological polar surface area (TPSA) is 12.0 Å².